The van der Waals surface area contributed by atoms with Gasteiger partial charge in [0, 0.05) is 23.2 Å². The summed E-state index contributed by atoms with van der Waals surface area (Å²) < 4.78 is 41.1. The van der Waals surface area contributed by atoms with Crippen molar-refractivity contribution in [3.63, 3.8) is 0 Å². The molecule has 0 fully saturated rings. The maximum atomic E-state index is 14.4. The van der Waals surface area contributed by atoms with Crippen LogP contribution in [0.5, 0.6) is 0 Å². The summed E-state index contributed by atoms with van der Waals surface area (Å²) in [6.07, 6.45) is 0. The number of sulfonamides is 1. The number of halogens is 2. The third-order valence-corrected chi connectivity index (χ3v) is 4.96. The van der Waals surface area contributed by atoms with Crippen molar-refractivity contribution in [3.05, 3.63) is 47.2 Å². The van der Waals surface area contributed by atoms with Gasteiger partial charge in [-0.3, -0.25) is 4.99 Å². The lowest BCUT2D eigenvalue weighted by Crippen LogP contribution is -2.41. The summed E-state index contributed by atoms with van der Waals surface area (Å²) in [5, 5.41) is 3.12. The molecule has 0 aromatic heterocycles. The van der Waals surface area contributed by atoms with E-state index in [4.69, 9.17) is 11.6 Å². The molecule has 22 heavy (non-hydrogen) atoms. The Morgan fingerprint density at radius 2 is 1.91 bits per heavy atom. The van der Waals surface area contributed by atoms with Gasteiger partial charge >= 0.3 is 0 Å². The van der Waals surface area contributed by atoms with Crippen LogP contribution in [0.25, 0.3) is 11.1 Å². The van der Waals surface area contributed by atoms with Gasteiger partial charge in [0.2, 0.25) is 5.96 Å². The van der Waals surface area contributed by atoms with Gasteiger partial charge in [-0.25, -0.2) is 17.5 Å². The van der Waals surface area contributed by atoms with E-state index >= 15 is 0 Å². The van der Waals surface area contributed by atoms with Crippen LogP contribution in [-0.4, -0.2) is 21.4 Å². The Balaban J connectivity index is 2.37. The van der Waals surface area contributed by atoms with Crippen molar-refractivity contribution in [1.29, 1.82) is 0 Å². The molecule has 2 aromatic rings. The van der Waals surface area contributed by atoms with Crippen LogP contribution in [0.15, 0.2) is 46.3 Å². The molecule has 0 saturated carbocycles. The van der Waals surface area contributed by atoms with Crippen molar-refractivity contribution in [3.8, 4) is 11.1 Å². The summed E-state index contributed by atoms with van der Waals surface area (Å²) in [5.41, 5.74) is 0.611. The summed E-state index contributed by atoms with van der Waals surface area (Å²) in [6.45, 7) is 0. The molecule has 8 heteroatoms. The number of aliphatic imine (C=N–C) groups is 1. The van der Waals surface area contributed by atoms with E-state index in [2.05, 4.69) is 15.0 Å². The molecular weight excluding hydrogens is 329 g/mol. The molecule has 0 saturated heterocycles. The molecule has 5 nitrogen and oxygen atoms in total. The minimum absolute atomic E-state index is 0.0198. The van der Waals surface area contributed by atoms with Crippen molar-refractivity contribution < 1.29 is 12.8 Å². The highest BCUT2D eigenvalue weighted by atomic mass is 35.5. The molecule has 0 aliphatic carbocycles. The van der Waals surface area contributed by atoms with Crippen LogP contribution in [0, 0.1) is 5.82 Å². The van der Waals surface area contributed by atoms with Gasteiger partial charge in [-0.15, -0.1) is 0 Å². The van der Waals surface area contributed by atoms with Gasteiger partial charge in [0.15, 0.2) is 0 Å². The van der Waals surface area contributed by atoms with Gasteiger partial charge in [0.1, 0.15) is 10.7 Å². The third kappa shape index (κ3) is 2.32. The fraction of sp³-hybridized carbons (Fsp3) is 0.0714. The third-order valence-electron chi connectivity index (χ3n) is 3.25. The molecule has 1 aliphatic rings. The minimum Gasteiger partial charge on any atom is -0.324 e. The number of fused-ring (bicyclic) bond motifs is 1. The van der Waals surface area contributed by atoms with Crippen LogP contribution in [0.1, 0.15) is 0 Å². The fourth-order valence-corrected chi connectivity index (χ4v) is 3.67. The first-order valence-corrected chi connectivity index (χ1v) is 8.14. The van der Waals surface area contributed by atoms with Gasteiger partial charge in [-0.2, -0.15) is 0 Å². The molecule has 0 bridgehead atoms. The molecular formula is C14H11ClFN3O2S. The number of rotatable bonds is 1. The van der Waals surface area contributed by atoms with E-state index in [9.17, 15) is 12.8 Å². The molecule has 114 valence electrons. The molecule has 0 radical (unpaired) electrons. The van der Waals surface area contributed by atoms with Gasteiger partial charge in [0.05, 0.1) is 5.69 Å². The van der Waals surface area contributed by atoms with E-state index in [0.717, 1.165) is 6.07 Å². The number of guanidine groups is 1. The number of hydrogen-bond acceptors (Lipinski definition) is 3. The molecule has 1 heterocycles. The molecule has 0 amide bonds. The molecule has 0 atom stereocenters. The van der Waals surface area contributed by atoms with Crippen LogP contribution < -0.4 is 10.0 Å². The van der Waals surface area contributed by atoms with E-state index < -0.39 is 15.8 Å². The number of hydrogen-bond donors (Lipinski definition) is 2. The summed E-state index contributed by atoms with van der Waals surface area (Å²) in [5.74, 6) is -0.557. The Hall–Kier alpha value is -2.12. The first kappa shape index (κ1) is 14.8. The van der Waals surface area contributed by atoms with Crippen LogP contribution in [0.2, 0.25) is 5.02 Å². The predicted octanol–water partition coefficient (Wildman–Crippen LogP) is 2.84. The smallest absolute Gasteiger partial charge is 0.266 e. The normalized spacial score (nSPS) is 17.5. The van der Waals surface area contributed by atoms with E-state index in [1.807, 2.05) is 0 Å². The molecule has 0 spiro atoms. The lowest BCUT2D eigenvalue weighted by molar-refractivity contribution is 0.590. The highest BCUT2D eigenvalue weighted by Gasteiger charge is 2.30. The maximum absolute atomic E-state index is 14.4. The highest BCUT2D eigenvalue weighted by molar-refractivity contribution is 7.90. The van der Waals surface area contributed by atoms with Crippen LogP contribution in [0.4, 0.5) is 10.1 Å². The van der Waals surface area contributed by atoms with Crippen LogP contribution in [0.3, 0.4) is 0 Å². The van der Waals surface area contributed by atoms with E-state index in [0.29, 0.717) is 10.6 Å². The number of nitrogens with one attached hydrogen (secondary N) is 2. The fourth-order valence-electron chi connectivity index (χ4n) is 2.26. The average molecular weight is 340 g/mol. The second-order valence-corrected chi connectivity index (χ2v) is 6.64. The summed E-state index contributed by atoms with van der Waals surface area (Å²) in [7, 11) is -2.40. The Kier molecular flexibility index (Phi) is 3.54. The monoisotopic (exact) mass is 339 g/mol. The van der Waals surface area contributed by atoms with Crippen molar-refractivity contribution >= 4 is 33.3 Å². The Bertz CT molecular complexity index is 897. The second kappa shape index (κ2) is 5.26. The summed E-state index contributed by atoms with van der Waals surface area (Å²) in [4.78, 5) is 3.73. The molecule has 2 N–H and O–H groups in total. The summed E-state index contributed by atoms with van der Waals surface area (Å²) >= 11 is 6.12. The van der Waals surface area contributed by atoms with Crippen molar-refractivity contribution in [2.75, 3.05) is 12.4 Å². The second-order valence-electron chi connectivity index (χ2n) is 4.58. The average Bonchev–Trinajstić information content (AvgIpc) is 2.47. The van der Waals surface area contributed by atoms with Gasteiger partial charge in [0.25, 0.3) is 10.0 Å². The van der Waals surface area contributed by atoms with Crippen molar-refractivity contribution in [2.45, 2.75) is 4.90 Å². The Labute approximate surface area is 131 Å². The zero-order chi connectivity index (χ0) is 15.9. The van der Waals surface area contributed by atoms with E-state index in [1.165, 1.54) is 13.1 Å². The van der Waals surface area contributed by atoms with Crippen LogP contribution in [-0.2, 0) is 10.0 Å². The lowest BCUT2D eigenvalue weighted by atomic mass is 10.0. The van der Waals surface area contributed by atoms with Crippen molar-refractivity contribution in [2.24, 2.45) is 4.99 Å². The standard InChI is InChI=1S/C14H11ClFN3O2S/c1-17-14-18-13-11(22(20,21)19-14)7-6-10(16)12(13)8-4-2-3-5-9(8)15/h2-7H,1H3,(H2,17,18,19). The van der Waals surface area contributed by atoms with Crippen molar-refractivity contribution in [1.82, 2.24) is 4.72 Å². The Morgan fingerprint density at radius 3 is 2.59 bits per heavy atom. The first-order valence-electron chi connectivity index (χ1n) is 6.28. The number of anilines is 1. The molecule has 3 rings (SSSR count). The SMILES string of the molecule is CN=C1Nc2c(ccc(F)c2-c2ccccc2Cl)S(=O)(=O)N1. The highest BCUT2D eigenvalue weighted by Crippen LogP contribution is 2.40. The minimum atomic E-state index is -3.82. The van der Waals surface area contributed by atoms with E-state index in [1.54, 1.807) is 24.3 Å². The maximum Gasteiger partial charge on any atom is 0.266 e. The van der Waals surface area contributed by atoms with Gasteiger partial charge in [-0.1, -0.05) is 29.8 Å². The largest absolute Gasteiger partial charge is 0.324 e. The van der Waals surface area contributed by atoms with E-state index in [-0.39, 0.29) is 22.1 Å². The molecule has 0 unspecified atom stereocenters. The van der Waals surface area contributed by atoms with Gasteiger partial charge in [-0.05, 0) is 18.2 Å². The Morgan fingerprint density at radius 1 is 1.18 bits per heavy atom. The van der Waals surface area contributed by atoms with Gasteiger partial charge < -0.3 is 5.32 Å². The first-order chi connectivity index (χ1) is 10.4. The number of benzene rings is 2. The molecule has 2 aromatic carbocycles. The van der Waals surface area contributed by atoms with Crippen LogP contribution >= 0.6 is 11.6 Å². The lowest BCUT2D eigenvalue weighted by Gasteiger charge is -2.24. The topological polar surface area (TPSA) is 70.6 Å². The predicted molar refractivity (Wildman–Crippen MR) is 84.1 cm³/mol. The molecule has 1 aliphatic heterocycles. The quantitative estimate of drug-likeness (QED) is 0.839. The zero-order valence-electron chi connectivity index (χ0n) is 11.4. The summed E-state index contributed by atoms with van der Waals surface area (Å²) in [6, 6.07) is 8.95. The number of nitrogens with zero attached hydrogens (tertiary/aromatic N) is 1. The zero-order valence-corrected chi connectivity index (χ0v) is 13.0.